The van der Waals surface area contributed by atoms with Crippen molar-refractivity contribution in [3.63, 3.8) is 0 Å². The molecule has 2 atom stereocenters. The number of ether oxygens (including phenoxy) is 1. The molecule has 1 aromatic heterocycles. The Labute approximate surface area is 119 Å². The van der Waals surface area contributed by atoms with Gasteiger partial charge in [-0.2, -0.15) is 5.10 Å². The fraction of sp³-hybridized carbons (Fsp3) is 0.714. The molecule has 1 heterocycles. The zero-order valence-corrected chi connectivity index (χ0v) is 12.6. The van der Waals surface area contributed by atoms with Gasteiger partial charge in [0.25, 0.3) is 0 Å². The van der Waals surface area contributed by atoms with Crippen molar-refractivity contribution in [2.75, 3.05) is 5.32 Å². The van der Waals surface area contributed by atoms with Gasteiger partial charge in [0.1, 0.15) is 11.4 Å². The first-order valence-electron chi connectivity index (χ1n) is 7.07. The third kappa shape index (κ3) is 4.43. The van der Waals surface area contributed by atoms with Gasteiger partial charge in [0.15, 0.2) is 0 Å². The van der Waals surface area contributed by atoms with Gasteiger partial charge >= 0.3 is 6.09 Å². The summed E-state index contributed by atoms with van der Waals surface area (Å²) in [5, 5.41) is 10.6. The Kier molecular flexibility index (Phi) is 4.20. The predicted octanol–water partition coefficient (Wildman–Crippen LogP) is 2.28. The number of carbonyl (C=O) groups is 1. The van der Waals surface area contributed by atoms with Gasteiger partial charge in [-0.15, -0.1) is 0 Å². The quantitative estimate of drug-likeness (QED) is 0.891. The molecular formula is C14H24N4O2. The Hall–Kier alpha value is -1.72. The third-order valence-corrected chi connectivity index (χ3v) is 3.22. The van der Waals surface area contributed by atoms with Crippen molar-refractivity contribution in [2.45, 2.75) is 57.7 Å². The second kappa shape index (κ2) is 5.73. The van der Waals surface area contributed by atoms with Crippen LogP contribution in [0.4, 0.5) is 10.6 Å². The summed E-state index contributed by atoms with van der Waals surface area (Å²) in [7, 11) is 1.90. The van der Waals surface area contributed by atoms with Gasteiger partial charge in [0.2, 0.25) is 0 Å². The van der Waals surface area contributed by atoms with Crippen LogP contribution in [0.5, 0.6) is 0 Å². The minimum absolute atomic E-state index is 0.172. The maximum absolute atomic E-state index is 11.7. The number of hydrogen-bond donors (Lipinski definition) is 2. The summed E-state index contributed by atoms with van der Waals surface area (Å²) in [5.74, 6) is 0.885. The number of hydrogen-bond acceptors (Lipinski definition) is 4. The van der Waals surface area contributed by atoms with Gasteiger partial charge in [-0.05, 0) is 40.0 Å². The van der Waals surface area contributed by atoms with E-state index >= 15 is 0 Å². The van der Waals surface area contributed by atoms with Crippen LogP contribution in [0.3, 0.4) is 0 Å². The number of carbonyl (C=O) groups excluding carboxylic acids is 1. The van der Waals surface area contributed by atoms with Crippen LogP contribution in [-0.2, 0) is 11.8 Å². The van der Waals surface area contributed by atoms with E-state index in [0.29, 0.717) is 6.04 Å². The largest absolute Gasteiger partial charge is 0.444 e. The molecule has 0 radical (unpaired) electrons. The van der Waals surface area contributed by atoms with E-state index in [1.165, 1.54) is 0 Å². The molecule has 6 nitrogen and oxygen atoms in total. The number of nitrogens with zero attached hydrogens (tertiary/aromatic N) is 2. The molecule has 0 bridgehead atoms. The molecule has 1 aliphatic rings. The lowest BCUT2D eigenvalue weighted by Gasteiger charge is -2.21. The average molecular weight is 280 g/mol. The van der Waals surface area contributed by atoms with Crippen LogP contribution < -0.4 is 10.6 Å². The molecule has 2 unspecified atom stereocenters. The van der Waals surface area contributed by atoms with Crippen molar-refractivity contribution in [2.24, 2.45) is 7.05 Å². The van der Waals surface area contributed by atoms with Crippen molar-refractivity contribution < 1.29 is 9.53 Å². The summed E-state index contributed by atoms with van der Waals surface area (Å²) in [6.07, 6.45) is 4.46. The molecule has 0 saturated heterocycles. The van der Waals surface area contributed by atoms with E-state index in [1.54, 1.807) is 4.68 Å². The van der Waals surface area contributed by atoms with E-state index in [2.05, 4.69) is 15.7 Å². The maximum atomic E-state index is 11.7. The Morgan fingerprint density at radius 3 is 2.70 bits per heavy atom. The lowest BCUT2D eigenvalue weighted by molar-refractivity contribution is 0.0505. The molecule has 6 heteroatoms. The molecule has 0 spiro atoms. The molecule has 1 fully saturated rings. The molecule has 0 aliphatic heterocycles. The molecule has 2 rings (SSSR count). The summed E-state index contributed by atoms with van der Waals surface area (Å²) < 4.78 is 7.04. The fourth-order valence-corrected chi connectivity index (χ4v) is 2.42. The van der Waals surface area contributed by atoms with Crippen molar-refractivity contribution in [1.82, 2.24) is 15.1 Å². The van der Waals surface area contributed by atoms with Crippen LogP contribution in [0.1, 0.15) is 40.0 Å². The van der Waals surface area contributed by atoms with Crippen LogP contribution in [-0.4, -0.2) is 33.6 Å². The lowest BCUT2D eigenvalue weighted by atomic mass is 10.2. The number of amides is 1. The molecular weight excluding hydrogens is 256 g/mol. The highest BCUT2D eigenvalue weighted by Gasteiger charge is 2.27. The van der Waals surface area contributed by atoms with Crippen molar-refractivity contribution in [3.05, 3.63) is 12.3 Å². The molecule has 112 valence electrons. The second-order valence-corrected chi connectivity index (χ2v) is 6.37. The summed E-state index contributed by atoms with van der Waals surface area (Å²) in [6, 6.07) is 2.48. The predicted molar refractivity (Wildman–Crippen MR) is 77.6 cm³/mol. The Morgan fingerprint density at radius 1 is 1.40 bits per heavy atom. The fourth-order valence-electron chi connectivity index (χ4n) is 2.42. The van der Waals surface area contributed by atoms with Gasteiger partial charge in [-0.1, -0.05) is 0 Å². The highest BCUT2D eigenvalue weighted by atomic mass is 16.6. The topological polar surface area (TPSA) is 68.2 Å². The highest BCUT2D eigenvalue weighted by molar-refractivity contribution is 5.68. The van der Waals surface area contributed by atoms with Crippen molar-refractivity contribution >= 4 is 11.9 Å². The number of nitrogens with one attached hydrogen (secondary N) is 2. The first-order chi connectivity index (χ1) is 9.32. The number of rotatable bonds is 3. The highest BCUT2D eigenvalue weighted by Crippen LogP contribution is 2.22. The van der Waals surface area contributed by atoms with Crippen molar-refractivity contribution in [3.8, 4) is 0 Å². The van der Waals surface area contributed by atoms with E-state index in [-0.39, 0.29) is 12.1 Å². The minimum Gasteiger partial charge on any atom is -0.444 e. The van der Waals surface area contributed by atoms with E-state index in [1.807, 2.05) is 40.1 Å². The zero-order valence-electron chi connectivity index (χ0n) is 12.6. The summed E-state index contributed by atoms with van der Waals surface area (Å²) >= 11 is 0. The van der Waals surface area contributed by atoms with Crippen LogP contribution in [0.25, 0.3) is 0 Å². The standard InChI is InChI=1S/C14H24N4O2/c1-14(2,3)20-13(19)16-11-6-5-10(9-11)15-12-7-8-18(4)17-12/h7-8,10-11H,5-6,9H2,1-4H3,(H,15,17)(H,16,19). The summed E-state index contributed by atoms with van der Waals surface area (Å²) in [6.45, 7) is 5.60. The molecule has 1 aliphatic carbocycles. The monoisotopic (exact) mass is 280 g/mol. The summed E-state index contributed by atoms with van der Waals surface area (Å²) in [4.78, 5) is 11.7. The first kappa shape index (κ1) is 14.7. The van der Waals surface area contributed by atoms with Crippen molar-refractivity contribution in [1.29, 1.82) is 0 Å². The van der Waals surface area contributed by atoms with Gasteiger partial charge in [-0.3, -0.25) is 4.68 Å². The molecule has 2 N–H and O–H groups in total. The van der Waals surface area contributed by atoms with Gasteiger partial charge in [0.05, 0.1) is 0 Å². The average Bonchev–Trinajstić information content (AvgIpc) is 2.86. The number of aromatic nitrogens is 2. The van der Waals surface area contributed by atoms with Crippen LogP contribution >= 0.6 is 0 Å². The SMILES string of the molecule is Cn1ccc(NC2CCC(NC(=O)OC(C)(C)C)C2)n1. The first-order valence-corrected chi connectivity index (χ1v) is 7.07. The van der Waals surface area contributed by atoms with Gasteiger partial charge in [0, 0.05) is 31.4 Å². The van der Waals surface area contributed by atoms with E-state index < -0.39 is 5.60 Å². The third-order valence-electron chi connectivity index (χ3n) is 3.22. The second-order valence-electron chi connectivity index (χ2n) is 6.37. The molecule has 20 heavy (non-hydrogen) atoms. The van der Waals surface area contributed by atoms with Gasteiger partial charge in [-0.25, -0.2) is 4.79 Å². The number of anilines is 1. The van der Waals surface area contributed by atoms with E-state index in [0.717, 1.165) is 25.1 Å². The van der Waals surface area contributed by atoms with E-state index in [4.69, 9.17) is 4.74 Å². The van der Waals surface area contributed by atoms with E-state index in [9.17, 15) is 4.79 Å². The zero-order chi connectivity index (χ0) is 14.8. The number of aryl methyl sites for hydroxylation is 1. The normalized spacial score (nSPS) is 22.6. The van der Waals surface area contributed by atoms with Crippen LogP contribution in [0.2, 0.25) is 0 Å². The smallest absolute Gasteiger partial charge is 0.407 e. The van der Waals surface area contributed by atoms with Crippen LogP contribution in [0.15, 0.2) is 12.3 Å². The minimum atomic E-state index is -0.450. The molecule has 0 aromatic carbocycles. The lowest BCUT2D eigenvalue weighted by Crippen LogP contribution is -2.38. The molecule has 1 amide bonds. The molecule has 1 saturated carbocycles. The van der Waals surface area contributed by atoms with Crippen LogP contribution in [0, 0.1) is 0 Å². The molecule has 1 aromatic rings. The summed E-state index contributed by atoms with van der Waals surface area (Å²) in [5.41, 5.74) is -0.450. The van der Waals surface area contributed by atoms with Gasteiger partial charge < -0.3 is 15.4 Å². The number of alkyl carbamates (subject to hydrolysis) is 1. The Morgan fingerprint density at radius 2 is 2.10 bits per heavy atom. The maximum Gasteiger partial charge on any atom is 0.407 e. The Balaban J connectivity index is 1.76. The Bertz CT molecular complexity index is 464.